The van der Waals surface area contributed by atoms with Crippen LogP contribution in [0.15, 0.2) is 12.5 Å². The second-order valence-electron chi connectivity index (χ2n) is 2.80. The van der Waals surface area contributed by atoms with Gasteiger partial charge in [-0.15, -0.1) is 0 Å². The van der Waals surface area contributed by atoms with Crippen molar-refractivity contribution >= 4 is 0 Å². The zero-order valence-electron chi connectivity index (χ0n) is 6.91. The summed E-state index contributed by atoms with van der Waals surface area (Å²) in [6.07, 6.45) is -4.49. The van der Waals surface area contributed by atoms with Crippen LogP contribution >= 0.6 is 0 Å². The molecule has 1 rings (SSSR count). The maximum Gasteiger partial charge on any atom is 0.391 e. The van der Waals surface area contributed by atoms with Gasteiger partial charge in [0.25, 0.3) is 0 Å². The van der Waals surface area contributed by atoms with E-state index >= 15 is 0 Å². The summed E-state index contributed by atoms with van der Waals surface area (Å²) in [7, 11) is 1.62. The molecule has 0 aliphatic rings. The van der Waals surface area contributed by atoms with Gasteiger partial charge in [0.05, 0.1) is 18.4 Å². The number of halogens is 3. The summed E-state index contributed by atoms with van der Waals surface area (Å²) in [5, 5.41) is 9.07. The zero-order chi connectivity index (χ0) is 10.1. The molecule has 1 aromatic heterocycles. The molecule has 6 heteroatoms. The molecule has 0 saturated heterocycles. The second kappa shape index (κ2) is 3.37. The standard InChI is InChI=1S/C7H9F3N2O/c1-12-3-5(11-4-12)6(13)2-7(8,9)10/h3-4,6,13H,2H2,1H3. The number of aryl methyl sites for hydroxylation is 1. The fraction of sp³-hybridized carbons (Fsp3) is 0.571. The number of aliphatic hydroxyl groups excluding tert-OH is 1. The monoisotopic (exact) mass is 194 g/mol. The fourth-order valence-corrected chi connectivity index (χ4v) is 0.929. The van der Waals surface area contributed by atoms with E-state index < -0.39 is 18.7 Å². The van der Waals surface area contributed by atoms with E-state index in [1.54, 1.807) is 7.05 Å². The Hall–Kier alpha value is -1.04. The van der Waals surface area contributed by atoms with Crippen molar-refractivity contribution in [2.24, 2.45) is 7.05 Å². The summed E-state index contributed by atoms with van der Waals surface area (Å²) >= 11 is 0. The molecule has 0 aliphatic heterocycles. The van der Waals surface area contributed by atoms with Crippen LogP contribution in [0.5, 0.6) is 0 Å². The van der Waals surface area contributed by atoms with Gasteiger partial charge >= 0.3 is 6.18 Å². The van der Waals surface area contributed by atoms with Gasteiger partial charge in [-0.1, -0.05) is 0 Å². The van der Waals surface area contributed by atoms with E-state index in [0.29, 0.717) is 0 Å². The smallest absolute Gasteiger partial charge is 0.386 e. The molecule has 0 saturated carbocycles. The van der Waals surface area contributed by atoms with Crippen LogP contribution in [0.3, 0.4) is 0 Å². The third-order valence-electron chi connectivity index (χ3n) is 1.49. The Morgan fingerprint density at radius 2 is 2.23 bits per heavy atom. The van der Waals surface area contributed by atoms with Gasteiger partial charge in [-0.3, -0.25) is 0 Å². The number of nitrogens with zero attached hydrogens (tertiary/aromatic N) is 2. The van der Waals surface area contributed by atoms with Crippen LogP contribution in [0.1, 0.15) is 18.2 Å². The fourth-order valence-electron chi connectivity index (χ4n) is 0.929. The largest absolute Gasteiger partial charge is 0.391 e. The summed E-state index contributed by atoms with van der Waals surface area (Å²) in [4.78, 5) is 3.61. The SMILES string of the molecule is Cn1cnc(C(O)CC(F)(F)F)c1. The van der Waals surface area contributed by atoms with Gasteiger partial charge in [0.1, 0.15) is 6.10 Å². The van der Waals surface area contributed by atoms with E-state index in [4.69, 9.17) is 5.11 Å². The Kier molecular flexibility index (Phi) is 2.60. The molecule has 1 unspecified atom stereocenters. The maximum atomic E-state index is 11.8. The number of hydrogen-bond acceptors (Lipinski definition) is 2. The molecule has 0 radical (unpaired) electrons. The molecule has 0 fully saturated rings. The summed E-state index contributed by atoms with van der Waals surface area (Å²) in [5.74, 6) is 0. The number of rotatable bonds is 2. The second-order valence-corrected chi connectivity index (χ2v) is 2.80. The predicted octanol–water partition coefficient (Wildman–Crippen LogP) is 1.41. The lowest BCUT2D eigenvalue weighted by Crippen LogP contribution is -2.13. The highest BCUT2D eigenvalue weighted by atomic mass is 19.4. The molecule has 74 valence electrons. The Labute approximate surface area is 72.8 Å². The van der Waals surface area contributed by atoms with Crippen molar-refractivity contribution in [3.05, 3.63) is 18.2 Å². The number of alkyl halides is 3. The molecule has 0 bridgehead atoms. The van der Waals surface area contributed by atoms with Crippen LogP contribution < -0.4 is 0 Å². The topological polar surface area (TPSA) is 38.0 Å². The first-order valence-electron chi connectivity index (χ1n) is 3.61. The van der Waals surface area contributed by atoms with Gasteiger partial charge in [-0.2, -0.15) is 13.2 Å². The quantitative estimate of drug-likeness (QED) is 0.772. The van der Waals surface area contributed by atoms with Crippen molar-refractivity contribution in [2.75, 3.05) is 0 Å². The zero-order valence-corrected chi connectivity index (χ0v) is 6.91. The van der Waals surface area contributed by atoms with Gasteiger partial charge in [0.2, 0.25) is 0 Å². The number of aromatic nitrogens is 2. The first-order valence-corrected chi connectivity index (χ1v) is 3.61. The summed E-state index contributed by atoms with van der Waals surface area (Å²) in [6.45, 7) is 0. The summed E-state index contributed by atoms with van der Waals surface area (Å²) in [6, 6.07) is 0. The molecule has 0 aliphatic carbocycles. The van der Waals surface area contributed by atoms with Gasteiger partial charge in [0, 0.05) is 13.2 Å². The van der Waals surface area contributed by atoms with Crippen LogP contribution in [-0.4, -0.2) is 20.8 Å². The highest BCUT2D eigenvalue weighted by Gasteiger charge is 2.32. The molecule has 1 aromatic rings. The minimum Gasteiger partial charge on any atom is -0.386 e. The van der Waals surface area contributed by atoms with Crippen molar-refractivity contribution in [3.63, 3.8) is 0 Å². The van der Waals surface area contributed by atoms with E-state index in [-0.39, 0.29) is 5.69 Å². The van der Waals surface area contributed by atoms with Crippen LogP contribution in [0, 0.1) is 0 Å². The van der Waals surface area contributed by atoms with Gasteiger partial charge in [-0.25, -0.2) is 4.98 Å². The van der Waals surface area contributed by atoms with Crippen LogP contribution in [0.4, 0.5) is 13.2 Å². The van der Waals surface area contributed by atoms with Crippen LogP contribution in [0.25, 0.3) is 0 Å². The van der Waals surface area contributed by atoms with Crippen molar-refractivity contribution in [3.8, 4) is 0 Å². The van der Waals surface area contributed by atoms with Crippen molar-refractivity contribution in [1.82, 2.24) is 9.55 Å². The molecule has 0 aromatic carbocycles. The highest BCUT2D eigenvalue weighted by Crippen LogP contribution is 2.28. The number of imidazole rings is 1. The van der Waals surface area contributed by atoms with E-state index in [0.717, 1.165) is 0 Å². The first-order chi connectivity index (χ1) is 5.88. The van der Waals surface area contributed by atoms with Crippen LogP contribution in [0.2, 0.25) is 0 Å². The molecular formula is C7H9F3N2O. The average molecular weight is 194 g/mol. The van der Waals surface area contributed by atoms with E-state index in [1.165, 1.54) is 17.1 Å². The lowest BCUT2D eigenvalue weighted by Gasteiger charge is -2.10. The first kappa shape index (κ1) is 10.0. The Bertz CT molecular complexity index is 282. The Balaban J connectivity index is 2.64. The normalized spacial score (nSPS) is 14.5. The number of hydrogen-bond donors (Lipinski definition) is 1. The lowest BCUT2D eigenvalue weighted by molar-refractivity contribution is -0.154. The van der Waals surface area contributed by atoms with Crippen LogP contribution in [-0.2, 0) is 7.05 Å². The lowest BCUT2D eigenvalue weighted by atomic mass is 10.2. The predicted molar refractivity (Wildman–Crippen MR) is 38.8 cm³/mol. The maximum absolute atomic E-state index is 11.8. The Morgan fingerprint density at radius 1 is 1.62 bits per heavy atom. The molecule has 3 nitrogen and oxygen atoms in total. The Morgan fingerprint density at radius 3 is 2.62 bits per heavy atom. The average Bonchev–Trinajstić information content (AvgIpc) is 2.31. The van der Waals surface area contributed by atoms with Crippen molar-refractivity contribution in [1.29, 1.82) is 0 Å². The van der Waals surface area contributed by atoms with Gasteiger partial charge < -0.3 is 9.67 Å². The van der Waals surface area contributed by atoms with Gasteiger partial charge in [0.15, 0.2) is 0 Å². The molecular weight excluding hydrogens is 185 g/mol. The summed E-state index contributed by atoms with van der Waals surface area (Å²) in [5.41, 5.74) is 0.0415. The number of aliphatic hydroxyl groups is 1. The van der Waals surface area contributed by atoms with Crippen molar-refractivity contribution in [2.45, 2.75) is 18.7 Å². The van der Waals surface area contributed by atoms with E-state index in [1.807, 2.05) is 0 Å². The minimum atomic E-state index is -4.36. The molecule has 1 N–H and O–H groups in total. The van der Waals surface area contributed by atoms with E-state index in [2.05, 4.69) is 4.98 Å². The molecule has 1 heterocycles. The van der Waals surface area contributed by atoms with Gasteiger partial charge in [-0.05, 0) is 0 Å². The molecule has 0 spiro atoms. The molecule has 0 amide bonds. The van der Waals surface area contributed by atoms with Crippen molar-refractivity contribution < 1.29 is 18.3 Å². The third-order valence-corrected chi connectivity index (χ3v) is 1.49. The molecule has 13 heavy (non-hydrogen) atoms. The summed E-state index contributed by atoms with van der Waals surface area (Å²) < 4.78 is 36.9. The highest BCUT2D eigenvalue weighted by molar-refractivity contribution is 5.00. The molecule has 1 atom stereocenters. The minimum absolute atomic E-state index is 0.0415. The van der Waals surface area contributed by atoms with E-state index in [9.17, 15) is 13.2 Å². The third kappa shape index (κ3) is 3.06.